The molecule has 0 amide bonds. The number of imidazole rings is 1. The van der Waals surface area contributed by atoms with Crippen LogP contribution in [0.1, 0.15) is 17.2 Å². The van der Waals surface area contributed by atoms with Crippen LogP contribution in [0.5, 0.6) is 0 Å². The number of hydrogen-bond acceptors (Lipinski definition) is 4. The van der Waals surface area contributed by atoms with Crippen LogP contribution in [0.15, 0.2) is 67.1 Å². The number of aromatic nitrogens is 2. The van der Waals surface area contributed by atoms with Crippen molar-refractivity contribution in [1.82, 2.24) is 14.5 Å². The van der Waals surface area contributed by atoms with Gasteiger partial charge >= 0.3 is 5.82 Å². The molecule has 0 radical (unpaired) electrons. The topological polar surface area (TPSA) is 64.2 Å². The lowest BCUT2D eigenvalue weighted by Gasteiger charge is -2.32. The molecular weight excluding hydrogens is 444 g/mol. The first-order valence-electron chi connectivity index (χ1n) is 8.85. The Hall–Kier alpha value is -2.22. The molecule has 1 unspecified atom stereocenters. The highest BCUT2D eigenvalue weighted by molar-refractivity contribution is 9.09. The minimum Gasteiger partial charge on any atom is -0.358 e. The van der Waals surface area contributed by atoms with Gasteiger partial charge in [-0.3, -0.25) is 4.90 Å². The van der Waals surface area contributed by atoms with Crippen molar-refractivity contribution in [3.8, 4) is 0 Å². The average Bonchev–Trinajstić information content (AvgIpc) is 3.18. The minimum absolute atomic E-state index is 0.0505. The third-order valence-electron chi connectivity index (χ3n) is 4.49. The van der Waals surface area contributed by atoms with Gasteiger partial charge in [0.25, 0.3) is 0 Å². The Morgan fingerprint density at radius 1 is 1.11 bits per heavy atom. The van der Waals surface area contributed by atoms with Crippen molar-refractivity contribution in [3.63, 3.8) is 0 Å². The van der Waals surface area contributed by atoms with Gasteiger partial charge in [0.2, 0.25) is 6.33 Å². The summed E-state index contributed by atoms with van der Waals surface area (Å²) in [5.74, 6) is -0.135. The first kappa shape index (κ1) is 20.5. The number of nitrogens with zero attached hydrogens (tertiary/aromatic N) is 4. The second kappa shape index (κ2) is 9.82. The summed E-state index contributed by atoms with van der Waals surface area (Å²) >= 11 is 9.64. The molecule has 0 saturated carbocycles. The van der Waals surface area contributed by atoms with Crippen molar-refractivity contribution in [2.24, 2.45) is 0 Å². The van der Waals surface area contributed by atoms with Crippen molar-refractivity contribution in [3.05, 3.63) is 93.4 Å². The SMILES string of the molecule is O=[N+]([O-])c1cn(CCN(CCBr)C(c2ccccc2)c2ccc(Cl)cc2)cn1. The van der Waals surface area contributed by atoms with Gasteiger partial charge in [0.15, 0.2) is 0 Å². The summed E-state index contributed by atoms with van der Waals surface area (Å²) in [4.78, 5) is 16.6. The van der Waals surface area contributed by atoms with E-state index >= 15 is 0 Å². The molecule has 8 heteroatoms. The van der Waals surface area contributed by atoms with Crippen LogP contribution in [-0.4, -0.2) is 37.8 Å². The fourth-order valence-corrected chi connectivity index (χ4v) is 3.76. The van der Waals surface area contributed by atoms with Crippen molar-refractivity contribution < 1.29 is 4.92 Å². The molecule has 0 aliphatic carbocycles. The average molecular weight is 464 g/mol. The van der Waals surface area contributed by atoms with E-state index in [0.29, 0.717) is 18.1 Å². The molecule has 3 rings (SSSR count). The Labute approximate surface area is 177 Å². The number of halogens is 2. The van der Waals surface area contributed by atoms with E-state index in [1.54, 1.807) is 4.57 Å². The summed E-state index contributed by atoms with van der Waals surface area (Å²) in [6, 6.07) is 18.2. The summed E-state index contributed by atoms with van der Waals surface area (Å²) < 4.78 is 1.75. The van der Waals surface area contributed by atoms with Gasteiger partial charge in [0, 0.05) is 30.0 Å². The van der Waals surface area contributed by atoms with Crippen LogP contribution in [-0.2, 0) is 6.54 Å². The molecule has 0 aliphatic heterocycles. The molecule has 0 spiro atoms. The highest BCUT2D eigenvalue weighted by atomic mass is 79.9. The first-order valence-corrected chi connectivity index (χ1v) is 10.3. The molecular formula is C20H20BrClN4O2. The van der Waals surface area contributed by atoms with Crippen molar-refractivity contribution in [1.29, 1.82) is 0 Å². The first-order chi connectivity index (χ1) is 13.6. The Kier molecular flexibility index (Phi) is 7.19. The van der Waals surface area contributed by atoms with E-state index in [1.807, 2.05) is 42.5 Å². The molecule has 1 heterocycles. The molecule has 0 bridgehead atoms. The van der Waals surface area contributed by atoms with E-state index in [1.165, 1.54) is 18.1 Å². The number of benzene rings is 2. The lowest BCUT2D eigenvalue weighted by atomic mass is 9.97. The van der Waals surface area contributed by atoms with Crippen LogP contribution in [0.2, 0.25) is 5.02 Å². The summed E-state index contributed by atoms with van der Waals surface area (Å²) in [5, 5.41) is 12.4. The van der Waals surface area contributed by atoms with Crippen LogP contribution in [0.3, 0.4) is 0 Å². The molecule has 1 aromatic heterocycles. The van der Waals surface area contributed by atoms with E-state index in [4.69, 9.17) is 11.6 Å². The fourth-order valence-electron chi connectivity index (χ4n) is 3.18. The normalized spacial score (nSPS) is 12.2. The number of alkyl halides is 1. The van der Waals surface area contributed by atoms with Gasteiger partial charge in [-0.05, 0) is 33.2 Å². The third kappa shape index (κ3) is 5.19. The lowest BCUT2D eigenvalue weighted by molar-refractivity contribution is -0.389. The summed E-state index contributed by atoms with van der Waals surface area (Å²) in [6.45, 7) is 2.13. The Morgan fingerprint density at radius 2 is 1.79 bits per heavy atom. The van der Waals surface area contributed by atoms with E-state index in [2.05, 4.69) is 37.9 Å². The Balaban J connectivity index is 1.87. The van der Waals surface area contributed by atoms with Crippen molar-refractivity contribution in [2.75, 3.05) is 18.4 Å². The zero-order chi connectivity index (χ0) is 19.9. The van der Waals surface area contributed by atoms with Gasteiger partial charge in [-0.2, -0.15) is 0 Å². The smallest absolute Gasteiger partial charge is 0.358 e. The zero-order valence-electron chi connectivity index (χ0n) is 15.1. The maximum absolute atomic E-state index is 10.9. The zero-order valence-corrected chi connectivity index (χ0v) is 17.5. The summed E-state index contributed by atoms with van der Waals surface area (Å²) in [5.41, 5.74) is 2.33. The van der Waals surface area contributed by atoms with Gasteiger partial charge in [0.05, 0.1) is 6.04 Å². The molecule has 0 saturated heterocycles. The lowest BCUT2D eigenvalue weighted by Crippen LogP contribution is -2.34. The minimum atomic E-state index is -0.479. The molecule has 0 fully saturated rings. The van der Waals surface area contributed by atoms with Crippen molar-refractivity contribution in [2.45, 2.75) is 12.6 Å². The highest BCUT2D eigenvalue weighted by Crippen LogP contribution is 2.29. The molecule has 2 aromatic carbocycles. The van der Waals surface area contributed by atoms with Gasteiger partial charge in [0.1, 0.15) is 6.20 Å². The van der Waals surface area contributed by atoms with E-state index < -0.39 is 4.92 Å². The van der Waals surface area contributed by atoms with Crippen LogP contribution in [0.25, 0.3) is 0 Å². The standard InChI is InChI=1S/C20H20BrClN4O2/c21-10-11-25(13-12-24-14-19(23-15-24)26(27)28)20(16-4-2-1-3-5-16)17-6-8-18(22)9-7-17/h1-9,14-15,20H,10-13H2. The maximum Gasteiger partial charge on any atom is 0.381 e. The van der Waals surface area contributed by atoms with Crippen LogP contribution in [0, 0.1) is 10.1 Å². The monoisotopic (exact) mass is 462 g/mol. The van der Waals surface area contributed by atoms with Crippen LogP contribution in [0.4, 0.5) is 5.82 Å². The molecule has 3 aromatic rings. The van der Waals surface area contributed by atoms with Crippen molar-refractivity contribution >= 4 is 33.3 Å². The van der Waals surface area contributed by atoms with Gasteiger partial charge in [-0.25, -0.2) is 0 Å². The Morgan fingerprint density at radius 3 is 2.39 bits per heavy atom. The number of rotatable bonds is 9. The number of nitro groups is 1. The molecule has 0 N–H and O–H groups in total. The molecule has 1 atom stereocenters. The molecule has 0 aliphatic rings. The second-order valence-electron chi connectivity index (χ2n) is 6.32. The van der Waals surface area contributed by atoms with Crippen LogP contribution < -0.4 is 0 Å². The maximum atomic E-state index is 10.9. The summed E-state index contributed by atoms with van der Waals surface area (Å²) in [6.07, 6.45) is 2.97. The quantitative estimate of drug-likeness (QED) is 0.256. The van der Waals surface area contributed by atoms with Gasteiger partial charge in [-0.15, -0.1) is 0 Å². The predicted octanol–water partition coefficient (Wildman–Crippen LogP) is 4.93. The molecule has 146 valence electrons. The van der Waals surface area contributed by atoms with E-state index in [9.17, 15) is 10.1 Å². The largest absolute Gasteiger partial charge is 0.381 e. The van der Waals surface area contributed by atoms with E-state index in [-0.39, 0.29) is 11.9 Å². The van der Waals surface area contributed by atoms with Gasteiger partial charge in [-0.1, -0.05) is 70.0 Å². The molecule has 28 heavy (non-hydrogen) atoms. The summed E-state index contributed by atoms with van der Waals surface area (Å²) in [7, 11) is 0. The highest BCUT2D eigenvalue weighted by Gasteiger charge is 2.22. The fraction of sp³-hybridized carbons (Fsp3) is 0.250. The Bertz CT molecular complexity index is 902. The van der Waals surface area contributed by atoms with Crippen LogP contribution >= 0.6 is 27.5 Å². The molecule has 6 nitrogen and oxygen atoms in total. The predicted molar refractivity (Wildman–Crippen MR) is 114 cm³/mol. The van der Waals surface area contributed by atoms with E-state index in [0.717, 1.165) is 17.4 Å². The number of hydrogen-bond donors (Lipinski definition) is 0. The van der Waals surface area contributed by atoms with Gasteiger partial charge < -0.3 is 14.7 Å². The third-order valence-corrected chi connectivity index (χ3v) is 5.10. The second-order valence-corrected chi connectivity index (χ2v) is 7.55.